The van der Waals surface area contributed by atoms with Gasteiger partial charge >= 0.3 is 5.97 Å². The Balaban J connectivity index is 1.58. The fourth-order valence-corrected chi connectivity index (χ4v) is 4.14. The van der Waals surface area contributed by atoms with E-state index >= 15 is 0 Å². The van der Waals surface area contributed by atoms with Gasteiger partial charge in [-0.3, -0.25) is 9.59 Å². The van der Waals surface area contributed by atoms with E-state index < -0.39 is 23.9 Å². The van der Waals surface area contributed by atoms with E-state index in [9.17, 15) is 18.8 Å². The number of nitrogens with one attached hydrogen (secondary N) is 2. The lowest BCUT2D eigenvalue weighted by Gasteiger charge is -2.13. The van der Waals surface area contributed by atoms with Crippen molar-refractivity contribution in [3.8, 4) is 5.75 Å². The van der Waals surface area contributed by atoms with Crippen LogP contribution < -0.4 is 15.5 Å². The van der Waals surface area contributed by atoms with Gasteiger partial charge in [-0.2, -0.15) is 5.10 Å². The topological polar surface area (TPSA) is 106 Å². The largest absolute Gasteiger partial charge is 0.481 e. The first-order valence-corrected chi connectivity index (χ1v) is 11.9. The molecule has 1 atom stereocenters. The molecule has 2 aromatic carbocycles. The monoisotopic (exact) mass is 511 g/mol. The fourth-order valence-electron chi connectivity index (χ4n) is 3.09. The summed E-state index contributed by atoms with van der Waals surface area (Å²) < 4.78 is 23.7. The maximum absolute atomic E-state index is 12.9. The van der Waals surface area contributed by atoms with Crippen molar-refractivity contribution >= 4 is 40.3 Å². The maximum Gasteiger partial charge on any atom is 0.341 e. The molecule has 0 aliphatic carbocycles. The number of hydrazone groups is 1. The zero-order valence-electron chi connectivity index (χ0n) is 20.3. The second kappa shape index (κ2) is 12.1. The molecule has 1 aromatic heterocycles. The Labute approximate surface area is 212 Å². The number of esters is 1. The lowest BCUT2D eigenvalue weighted by molar-refractivity contribution is -0.127. The van der Waals surface area contributed by atoms with Gasteiger partial charge < -0.3 is 14.8 Å². The van der Waals surface area contributed by atoms with Crippen molar-refractivity contribution in [2.75, 3.05) is 11.9 Å². The molecule has 2 amide bonds. The molecule has 3 aromatic rings. The number of rotatable bonds is 9. The zero-order chi connectivity index (χ0) is 26.2. The van der Waals surface area contributed by atoms with Gasteiger partial charge in [-0.25, -0.2) is 14.6 Å². The van der Waals surface area contributed by atoms with E-state index in [1.165, 1.54) is 41.8 Å². The highest BCUT2D eigenvalue weighted by Crippen LogP contribution is 2.33. The lowest BCUT2D eigenvalue weighted by atomic mass is 10.1. The Morgan fingerprint density at radius 1 is 1.08 bits per heavy atom. The van der Waals surface area contributed by atoms with Crippen molar-refractivity contribution in [1.82, 2.24) is 5.43 Å². The van der Waals surface area contributed by atoms with E-state index in [-0.39, 0.29) is 12.4 Å². The molecule has 0 spiro atoms. The molecule has 3 rings (SSSR count). The van der Waals surface area contributed by atoms with E-state index in [1.54, 1.807) is 38.1 Å². The normalized spacial score (nSPS) is 11.7. The highest BCUT2D eigenvalue weighted by atomic mass is 32.1. The number of thiophene rings is 1. The molecule has 188 valence electrons. The van der Waals surface area contributed by atoms with Crippen LogP contribution in [0.15, 0.2) is 53.6 Å². The Kier molecular flexibility index (Phi) is 8.91. The standard InChI is InChI=1S/C26H26FN3O5S/c1-5-34-26(33)22-15(2)17(4)36-25(22)29-24(32)19-8-12-21(13-9-19)35-16(3)23(31)30-28-14-18-6-10-20(27)11-7-18/h6-14,16H,5H2,1-4H3,(H,29,32)(H,30,31)/b28-14+. The summed E-state index contributed by atoms with van der Waals surface area (Å²) >= 11 is 1.31. The molecule has 0 aliphatic rings. The summed E-state index contributed by atoms with van der Waals surface area (Å²) in [7, 11) is 0. The molecule has 0 radical (unpaired) electrons. The highest BCUT2D eigenvalue weighted by Gasteiger charge is 2.22. The first-order valence-electron chi connectivity index (χ1n) is 11.1. The highest BCUT2D eigenvalue weighted by molar-refractivity contribution is 7.16. The number of ether oxygens (including phenoxy) is 2. The first kappa shape index (κ1) is 26.6. The molecule has 0 saturated heterocycles. The summed E-state index contributed by atoms with van der Waals surface area (Å²) in [5.74, 6) is -1.33. The average molecular weight is 512 g/mol. The number of carbonyl (C=O) groups excluding carboxylic acids is 3. The maximum atomic E-state index is 12.9. The number of hydrogen-bond donors (Lipinski definition) is 2. The van der Waals surface area contributed by atoms with Crippen LogP contribution in [0.5, 0.6) is 5.75 Å². The summed E-state index contributed by atoms with van der Waals surface area (Å²) in [6.45, 7) is 7.20. The molecule has 1 unspecified atom stereocenters. The molecule has 2 N–H and O–H groups in total. The molecule has 36 heavy (non-hydrogen) atoms. The number of amides is 2. The van der Waals surface area contributed by atoms with Crippen molar-refractivity contribution < 1.29 is 28.2 Å². The van der Waals surface area contributed by atoms with Crippen LogP contribution in [0, 0.1) is 19.7 Å². The number of aryl methyl sites for hydroxylation is 1. The molecular weight excluding hydrogens is 485 g/mol. The molecule has 8 nitrogen and oxygen atoms in total. The smallest absolute Gasteiger partial charge is 0.341 e. The number of halogens is 1. The van der Waals surface area contributed by atoms with Crippen LogP contribution in [-0.4, -0.2) is 36.7 Å². The third-order valence-electron chi connectivity index (χ3n) is 5.15. The van der Waals surface area contributed by atoms with Gasteiger partial charge in [0.2, 0.25) is 0 Å². The third kappa shape index (κ3) is 6.76. The number of carbonyl (C=O) groups is 3. The van der Waals surface area contributed by atoms with Crippen LogP contribution in [0.1, 0.15) is 50.6 Å². The minimum Gasteiger partial charge on any atom is -0.481 e. The van der Waals surface area contributed by atoms with E-state index in [2.05, 4.69) is 15.8 Å². The number of hydrogen-bond acceptors (Lipinski definition) is 7. The number of benzene rings is 2. The van der Waals surface area contributed by atoms with Crippen LogP contribution in [0.2, 0.25) is 0 Å². The summed E-state index contributed by atoms with van der Waals surface area (Å²) in [4.78, 5) is 38.2. The van der Waals surface area contributed by atoms with Gasteiger partial charge in [0, 0.05) is 10.4 Å². The summed E-state index contributed by atoms with van der Waals surface area (Å²) in [6.07, 6.45) is 0.528. The second-order valence-corrected chi connectivity index (χ2v) is 8.96. The molecule has 1 heterocycles. The van der Waals surface area contributed by atoms with E-state index in [0.29, 0.717) is 27.4 Å². The van der Waals surface area contributed by atoms with Crippen LogP contribution in [0.25, 0.3) is 0 Å². The Bertz CT molecular complexity index is 1270. The SMILES string of the molecule is CCOC(=O)c1c(NC(=O)c2ccc(OC(C)C(=O)N/N=C/c3ccc(F)cc3)cc2)sc(C)c1C. The molecule has 0 saturated carbocycles. The van der Waals surface area contributed by atoms with Crippen molar-refractivity contribution in [1.29, 1.82) is 0 Å². The molecular formula is C26H26FN3O5S. The van der Waals surface area contributed by atoms with Gasteiger partial charge in [0.05, 0.1) is 18.4 Å². The molecule has 0 fully saturated rings. The van der Waals surface area contributed by atoms with E-state index in [4.69, 9.17) is 9.47 Å². The first-order chi connectivity index (χ1) is 17.2. The predicted molar refractivity (Wildman–Crippen MR) is 136 cm³/mol. The fraction of sp³-hybridized carbons (Fsp3) is 0.231. The Morgan fingerprint density at radius 2 is 1.75 bits per heavy atom. The van der Waals surface area contributed by atoms with Gasteiger partial charge in [-0.15, -0.1) is 11.3 Å². The Hall–Kier alpha value is -4.05. The van der Waals surface area contributed by atoms with Crippen LogP contribution in [-0.2, 0) is 9.53 Å². The van der Waals surface area contributed by atoms with Crippen molar-refractivity contribution in [2.45, 2.75) is 33.8 Å². The summed E-state index contributed by atoms with van der Waals surface area (Å²) in [5.41, 5.74) is 4.47. The molecule has 0 aliphatic heterocycles. The van der Waals surface area contributed by atoms with Crippen molar-refractivity contribution in [3.63, 3.8) is 0 Å². The minimum atomic E-state index is -0.862. The predicted octanol–water partition coefficient (Wildman–Crippen LogP) is 4.85. The quantitative estimate of drug-likeness (QED) is 0.243. The van der Waals surface area contributed by atoms with Gasteiger partial charge in [0.25, 0.3) is 11.8 Å². The lowest BCUT2D eigenvalue weighted by Crippen LogP contribution is -2.33. The summed E-state index contributed by atoms with van der Waals surface area (Å²) in [6, 6.07) is 11.9. The molecule has 10 heteroatoms. The average Bonchev–Trinajstić information content (AvgIpc) is 3.13. The van der Waals surface area contributed by atoms with Gasteiger partial charge in [-0.05, 0) is 75.2 Å². The zero-order valence-corrected chi connectivity index (χ0v) is 21.1. The summed E-state index contributed by atoms with van der Waals surface area (Å²) in [5, 5.41) is 7.05. The number of anilines is 1. The van der Waals surface area contributed by atoms with Crippen LogP contribution >= 0.6 is 11.3 Å². The number of nitrogens with zero attached hydrogens (tertiary/aromatic N) is 1. The van der Waals surface area contributed by atoms with E-state index in [1.807, 2.05) is 13.8 Å². The van der Waals surface area contributed by atoms with Gasteiger partial charge in [0.1, 0.15) is 16.6 Å². The molecule has 0 bridgehead atoms. The van der Waals surface area contributed by atoms with Crippen LogP contribution in [0.3, 0.4) is 0 Å². The van der Waals surface area contributed by atoms with Crippen molar-refractivity contribution in [2.24, 2.45) is 5.10 Å². The van der Waals surface area contributed by atoms with Gasteiger partial charge in [-0.1, -0.05) is 12.1 Å². The Morgan fingerprint density at radius 3 is 2.39 bits per heavy atom. The van der Waals surface area contributed by atoms with Gasteiger partial charge in [0.15, 0.2) is 6.10 Å². The third-order valence-corrected chi connectivity index (χ3v) is 6.27. The minimum absolute atomic E-state index is 0.235. The second-order valence-electron chi connectivity index (χ2n) is 7.73. The van der Waals surface area contributed by atoms with Crippen LogP contribution in [0.4, 0.5) is 9.39 Å². The van der Waals surface area contributed by atoms with E-state index in [0.717, 1.165) is 10.4 Å². The van der Waals surface area contributed by atoms with Crippen molar-refractivity contribution in [3.05, 3.63) is 81.5 Å².